The summed E-state index contributed by atoms with van der Waals surface area (Å²) in [5.41, 5.74) is 0.708. The van der Waals surface area contributed by atoms with Gasteiger partial charge >= 0.3 is 7.12 Å². The molecule has 0 spiro atoms. The van der Waals surface area contributed by atoms with Crippen LogP contribution in [0.1, 0.15) is 76.6 Å². The largest absolute Gasteiger partial charge is 0.481 e. The summed E-state index contributed by atoms with van der Waals surface area (Å²) in [6, 6.07) is 1.56. The van der Waals surface area contributed by atoms with Crippen LogP contribution in [0.25, 0.3) is 0 Å². The highest BCUT2D eigenvalue weighted by Crippen LogP contribution is 2.65. The lowest BCUT2D eigenvalue weighted by molar-refractivity contribution is -0.199. The van der Waals surface area contributed by atoms with Gasteiger partial charge < -0.3 is 29.3 Å². The normalized spacial score (nSPS) is 32.9. The summed E-state index contributed by atoms with van der Waals surface area (Å²) in [6.07, 6.45) is 2.50. The Morgan fingerprint density at radius 3 is 2.69 bits per heavy atom. The van der Waals surface area contributed by atoms with Crippen LogP contribution in [0.4, 0.5) is 0 Å². The first-order valence-electron chi connectivity index (χ1n) is 13.0. The fraction of sp³-hybridized carbons (Fsp3) is 0.760. The lowest BCUT2D eigenvalue weighted by Crippen LogP contribution is -2.65. The van der Waals surface area contributed by atoms with Crippen LogP contribution < -0.4 is 10.6 Å². The molecular weight excluding hydrogens is 463 g/mol. The third-order valence-corrected chi connectivity index (χ3v) is 8.69. The zero-order valence-corrected chi connectivity index (χ0v) is 22.0. The number of nitrogens with one attached hydrogen (secondary N) is 2. The van der Waals surface area contributed by atoms with Crippen LogP contribution in [-0.2, 0) is 18.9 Å². The molecule has 1 unspecified atom stereocenters. The lowest BCUT2D eigenvalue weighted by atomic mass is 9.43. The topological polar surface area (TPSA) is 124 Å². The summed E-state index contributed by atoms with van der Waals surface area (Å²) in [5.74, 6) is 1.11. The van der Waals surface area contributed by atoms with Crippen molar-refractivity contribution in [2.45, 2.75) is 91.0 Å². The Bertz CT molecular complexity index is 1060. The molecule has 3 heterocycles. The molecule has 3 saturated carbocycles. The molecule has 1 aromatic heterocycles. The monoisotopic (exact) mass is 500 g/mol. The molecule has 1 saturated heterocycles. The second kappa shape index (κ2) is 9.17. The molecule has 2 aliphatic heterocycles. The first-order chi connectivity index (χ1) is 17.0. The summed E-state index contributed by atoms with van der Waals surface area (Å²) in [5, 5.41) is 13.6. The van der Waals surface area contributed by atoms with Crippen LogP contribution in [0.5, 0.6) is 0 Å². The third-order valence-electron chi connectivity index (χ3n) is 8.69. The van der Waals surface area contributed by atoms with Crippen LogP contribution >= 0.6 is 0 Å². The van der Waals surface area contributed by atoms with Gasteiger partial charge in [0.15, 0.2) is 5.69 Å². The molecule has 6 rings (SSSR count). The SMILES string of the molecule is Cc1cc(C(=O)NCC2=NOC(C(=O)N[C@@H](CC(C)C)B3O[C@@H]4C[C@@H]5C[C@@H](C5(C)C)[C@]4(C)O3)C2)no1. The average Bonchev–Trinajstić information content (AvgIpc) is 3.53. The quantitative estimate of drug-likeness (QED) is 0.526. The van der Waals surface area contributed by atoms with E-state index < -0.39 is 13.2 Å². The van der Waals surface area contributed by atoms with Crippen LogP contribution in [0, 0.1) is 30.1 Å². The Hall–Kier alpha value is -2.40. The number of hydrogen-bond acceptors (Lipinski definition) is 8. The van der Waals surface area contributed by atoms with Gasteiger partial charge in [-0.2, -0.15) is 0 Å². The highest BCUT2D eigenvalue weighted by Gasteiger charge is 2.68. The molecule has 3 aliphatic carbocycles. The van der Waals surface area contributed by atoms with Crippen molar-refractivity contribution >= 4 is 24.6 Å². The van der Waals surface area contributed by atoms with Gasteiger partial charge in [-0.15, -0.1) is 0 Å². The summed E-state index contributed by atoms with van der Waals surface area (Å²) < 4.78 is 18.0. The first kappa shape index (κ1) is 25.3. The standard InChI is InChI=1S/C25H37BN4O6/c1-13(2)7-21(26-33-20-10-15-9-19(24(15,4)5)25(20,6)36-26)28-23(32)18-11-16(29-35-18)12-27-22(31)17-8-14(3)34-30-17/h8,13,15,18-21H,7,9-12H2,1-6H3,(H,27,31)(H,28,32)/t15-,18?,19-,20+,21-,25-/m0/s1. The van der Waals surface area contributed by atoms with Gasteiger partial charge in [-0.1, -0.05) is 38.0 Å². The van der Waals surface area contributed by atoms with Gasteiger partial charge in [-0.25, -0.2) is 0 Å². The fourth-order valence-corrected chi connectivity index (χ4v) is 6.51. The van der Waals surface area contributed by atoms with E-state index in [1.165, 1.54) is 6.42 Å². The van der Waals surface area contributed by atoms with Crippen molar-refractivity contribution in [3.05, 3.63) is 17.5 Å². The van der Waals surface area contributed by atoms with E-state index in [4.69, 9.17) is 18.7 Å². The molecule has 4 fully saturated rings. The van der Waals surface area contributed by atoms with Crippen molar-refractivity contribution < 1.29 is 28.3 Å². The second-order valence-electron chi connectivity index (χ2n) is 12.0. The number of oxime groups is 1. The van der Waals surface area contributed by atoms with Crippen LogP contribution in [0.2, 0.25) is 0 Å². The molecular formula is C25H37BN4O6. The molecule has 5 aliphatic rings. The number of rotatable bonds is 8. The van der Waals surface area contributed by atoms with Crippen molar-refractivity contribution in [1.82, 2.24) is 15.8 Å². The number of aryl methyl sites for hydroxylation is 1. The number of amides is 2. The van der Waals surface area contributed by atoms with E-state index in [0.29, 0.717) is 35.6 Å². The summed E-state index contributed by atoms with van der Waals surface area (Å²) in [6.45, 7) is 13.0. The van der Waals surface area contributed by atoms with E-state index in [9.17, 15) is 9.59 Å². The molecule has 10 nitrogen and oxygen atoms in total. The number of carbonyl (C=O) groups is 2. The molecule has 0 radical (unpaired) electrons. The minimum absolute atomic E-state index is 0.0561. The van der Waals surface area contributed by atoms with E-state index in [0.717, 1.165) is 12.8 Å². The molecule has 2 bridgehead atoms. The maximum absolute atomic E-state index is 13.1. The van der Waals surface area contributed by atoms with Gasteiger partial charge in [0, 0.05) is 12.5 Å². The first-order valence-corrected chi connectivity index (χ1v) is 13.0. The maximum Gasteiger partial charge on any atom is 0.481 e. The second-order valence-corrected chi connectivity index (χ2v) is 12.0. The van der Waals surface area contributed by atoms with E-state index in [2.05, 4.69) is 55.6 Å². The number of carbonyl (C=O) groups excluding carboxylic acids is 2. The zero-order chi connectivity index (χ0) is 25.8. The smallest absolute Gasteiger partial charge is 0.404 e. The average molecular weight is 500 g/mol. The third kappa shape index (κ3) is 4.45. The van der Waals surface area contributed by atoms with Gasteiger partial charge in [0.1, 0.15) is 5.76 Å². The minimum atomic E-state index is -0.758. The number of nitrogens with zero attached hydrogens (tertiary/aromatic N) is 2. The van der Waals surface area contributed by atoms with Gasteiger partial charge in [0.25, 0.3) is 11.8 Å². The summed E-state index contributed by atoms with van der Waals surface area (Å²) >= 11 is 0. The van der Waals surface area contributed by atoms with Crippen molar-refractivity contribution in [3.8, 4) is 0 Å². The summed E-state index contributed by atoms with van der Waals surface area (Å²) in [7, 11) is -0.492. The van der Waals surface area contributed by atoms with Crippen molar-refractivity contribution in [2.75, 3.05) is 6.54 Å². The van der Waals surface area contributed by atoms with Crippen LogP contribution in [-0.4, -0.2) is 60.1 Å². The Balaban J connectivity index is 1.16. The van der Waals surface area contributed by atoms with Crippen molar-refractivity contribution in [3.63, 3.8) is 0 Å². The number of aromatic nitrogens is 1. The van der Waals surface area contributed by atoms with Gasteiger partial charge in [-0.05, 0) is 56.3 Å². The van der Waals surface area contributed by atoms with Gasteiger partial charge in [0.05, 0.1) is 29.9 Å². The van der Waals surface area contributed by atoms with E-state index in [1.54, 1.807) is 13.0 Å². The lowest BCUT2D eigenvalue weighted by Gasteiger charge is -2.64. The molecule has 36 heavy (non-hydrogen) atoms. The molecule has 1 aromatic rings. The van der Waals surface area contributed by atoms with E-state index in [1.807, 2.05) is 0 Å². The highest BCUT2D eigenvalue weighted by molar-refractivity contribution is 6.48. The van der Waals surface area contributed by atoms with E-state index >= 15 is 0 Å². The maximum atomic E-state index is 13.1. The molecule has 0 aromatic carbocycles. The Kier molecular flexibility index (Phi) is 6.43. The van der Waals surface area contributed by atoms with Crippen molar-refractivity contribution in [1.29, 1.82) is 0 Å². The van der Waals surface area contributed by atoms with Gasteiger partial charge in [-0.3, -0.25) is 9.59 Å². The molecule has 196 valence electrons. The molecule has 11 heteroatoms. The summed E-state index contributed by atoms with van der Waals surface area (Å²) in [4.78, 5) is 30.7. The zero-order valence-electron chi connectivity index (χ0n) is 22.0. The van der Waals surface area contributed by atoms with Crippen LogP contribution in [0.15, 0.2) is 15.7 Å². The van der Waals surface area contributed by atoms with Crippen LogP contribution in [0.3, 0.4) is 0 Å². The Morgan fingerprint density at radius 1 is 1.25 bits per heavy atom. The Morgan fingerprint density at radius 2 is 2.03 bits per heavy atom. The Labute approximate surface area is 212 Å². The van der Waals surface area contributed by atoms with E-state index in [-0.39, 0.29) is 47.1 Å². The van der Waals surface area contributed by atoms with Crippen molar-refractivity contribution in [2.24, 2.45) is 28.3 Å². The molecule has 2 amide bonds. The molecule has 2 N–H and O–H groups in total. The molecule has 6 atom stereocenters. The number of hydrogen-bond donors (Lipinski definition) is 2. The van der Waals surface area contributed by atoms with Gasteiger partial charge in [0.2, 0.25) is 6.10 Å². The predicted octanol–water partition coefficient (Wildman–Crippen LogP) is 2.66. The highest BCUT2D eigenvalue weighted by atomic mass is 16.7. The predicted molar refractivity (Wildman–Crippen MR) is 132 cm³/mol. The minimum Gasteiger partial charge on any atom is -0.404 e. The fourth-order valence-electron chi connectivity index (χ4n) is 6.51.